The molecule has 1 aliphatic heterocycles. The van der Waals surface area contributed by atoms with Crippen LogP contribution in [0.4, 0.5) is 6.01 Å². The zero-order valence-electron chi connectivity index (χ0n) is 10.6. The molecular formula is C11H16N4O3. The predicted octanol–water partition coefficient (Wildman–Crippen LogP) is 0.205. The number of nitrogens with zero attached hydrogens (tertiary/aromatic N) is 3. The van der Waals surface area contributed by atoms with Crippen molar-refractivity contribution in [1.29, 1.82) is 0 Å². The Hall–Kier alpha value is -1.92. The molecule has 2 N–H and O–H groups in total. The average Bonchev–Trinajstić information content (AvgIpc) is 2.81. The highest BCUT2D eigenvalue weighted by atomic mass is 16.4. The van der Waals surface area contributed by atoms with E-state index in [0.29, 0.717) is 5.89 Å². The SMILES string of the molecule is CC(C)(C)c1nnc(N2CC(C(N)=O)CC2=O)o1. The van der Waals surface area contributed by atoms with Crippen LogP contribution < -0.4 is 10.6 Å². The van der Waals surface area contributed by atoms with Gasteiger partial charge in [-0.2, -0.15) is 0 Å². The zero-order valence-corrected chi connectivity index (χ0v) is 10.6. The Morgan fingerprint density at radius 1 is 1.44 bits per heavy atom. The number of primary amides is 1. The molecule has 0 saturated carbocycles. The van der Waals surface area contributed by atoms with Gasteiger partial charge in [-0.25, -0.2) is 0 Å². The van der Waals surface area contributed by atoms with Crippen LogP contribution in [0.15, 0.2) is 4.42 Å². The second-order valence-electron chi connectivity index (χ2n) is 5.45. The van der Waals surface area contributed by atoms with E-state index in [1.165, 1.54) is 4.90 Å². The number of rotatable bonds is 2. The number of hydrogen-bond acceptors (Lipinski definition) is 5. The lowest BCUT2D eigenvalue weighted by atomic mass is 9.97. The van der Waals surface area contributed by atoms with Crippen LogP contribution in [-0.4, -0.2) is 28.6 Å². The Morgan fingerprint density at radius 3 is 2.56 bits per heavy atom. The summed E-state index contributed by atoms with van der Waals surface area (Å²) in [6.07, 6.45) is 0.0998. The van der Waals surface area contributed by atoms with Gasteiger partial charge in [0.15, 0.2) is 0 Å². The highest BCUT2D eigenvalue weighted by molar-refractivity contribution is 5.98. The van der Waals surface area contributed by atoms with Crippen molar-refractivity contribution < 1.29 is 14.0 Å². The van der Waals surface area contributed by atoms with Crippen LogP contribution in [0, 0.1) is 5.92 Å². The molecule has 18 heavy (non-hydrogen) atoms. The van der Waals surface area contributed by atoms with E-state index in [9.17, 15) is 9.59 Å². The quantitative estimate of drug-likeness (QED) is 0.810. The molecule has 2 amide bonds. The first-order valence-corrected chi connectivity index (χ1v) is 5.72. The van der Waals surface area contributed by atoms with Gasteiger partial charge in [-0.1, -0.05) is 25.9 Å². The van der Waals surface area contributed by atoms with Crippen LogP contribution in [-0.2, 0) is 15.0 Å². The molecule has 2 rings (SSSR count). The molecule has 0 radical (unpaired) electrons. The van der Waals surface area contributed by atoms with E-state index in [-0.39, 0.29) is 30.3 Å². The van der Waals surface area contributed by atoms with Crippen LogP contribution in [0.1, 0.15) is 33.1 Å². The molecule has 1 unspecified atom stereocenters. The van der Waals surface area contributed by atoms with E-state index in [2.05, 4.69) is 10.2 Å². The van der Waals surface area contributed by atoms with Gasteiger partial charge in [0.05, 0.1) is 5.92 Å². The van der Waals surface area contributed by atoms with Crippen molar-refractivity contribution in [3.63, 3.8) is 0 Å². The average molecular weight is 252 g/mol. The van der Waals surface area contributed by atoms with Gasteiger partial charge in [-0.05, 0) is 0 Å². The molecule has 0 aromatic carbocycles. The molecule has 98 valence electrons. The van der Waals surface area contributed by atoms with Gasteiger partial charge in [0, 0.05) is 18.4 Å². The number of hydrogen-bond donors (Lipinski definition) is 1. The first kappa shape index (κ1) is 12.5. The number of carbonyl (C=O) groups excluding carboxylic acids is 2. The minimum atomic E-state index is -0.485. The lowest BCUT2D eigenvalue weighted by molar-refractivity contribution is -0.123. The van der Waals surface area contributed by atoms with Crippen LogP contribution in [0.25, 0.3) is 0 Å². The van der Waals surface area contributed by atoms with Crippen LogP contribution in [0.3, 0.4) is 0 Å². The maximum atomic E-state index is 11.7. The Morgan fingerprint density at radius 2 is 2.11 bits per heavy atom. The molecule has 2 heterocycles. The van der Waals surface area contributed by atoms with Gasteiger partial charge >= 0.3 is 6.01 Å². The lowest BCUT2D eigenvalue weighted by Gasteiger charge is -2.13. The highest BCUT2D eigenvalue weighted by Gasteiger charge is 2.37. The smallest absolute Gasteiger partial charge is 0.325 e. The van der Waals surface area contributed by atoms with Crippen molar-refractivity contribution in [2.24, 2.45) is 11.7 Å². The lowest BCUT2D eigenvalue weighted by Crippen LogP contribution is -2.28. The maximum absolute atomic E-state index is 11.7. The molecule has 1 atom stereocenters. The molecule has 7 heteroatoms. The van der Waals surface area contributed by atoms with Crippen molar-refractivity contribution in [2.75, 3.05) is 11.4 Å². The van der Waals surface area contributed by atoms with Crippen molar-refractivity contribution >= 4 is 17.8 Å². The minimum absolute atomic E-state index is 0.0998. The summed E-state index contributed by atoms with van der Waals surface area (Å²) in [6, 6.07) is 0.133. The van der Waals surface area contributed by atoms with Gasteiger partial charge < -0.3 is 10.2 Å². The fourth-order valence-corrected chi connectivity index (χ4v) is 1.71. The molecule has 0 spiro atoms. The summed E-state index contributed by atoms with van der Waals surface area (Å²) in [7, 11) is 0. The summed E-state index contributed by atoms with van der Waals surface area (Å²) in [6.45, 7) is 6.01. The highest BCUT2D eigenvalue weighted by Crippen LogP contribution is 2.27. The van der Waals surface area contributed by atoms with E-state index in [0.717, 1.165) is 0 Å². The summed E-state index contributed by atoms with van der Waals surface area (Å²) >= 11 is 0. The number of aromatic nitrogens is 2. The summed E-state index contributed by atoms with van der Waals surface area (Å²) in [5.41, 5.74) is 4.91. The van der Waals surface area contributed by atoms with Gasteiger partial charge in [-0.3, -0.25) is 14.5 Å². The van der Waals surface area contributed by atoms with E-state index in [1.807, 2.05) is 20.8 Å². The third-order valence-corrected chi connectivity index (χ3v) is 2.81. The van der Waals surface area contributed by atoms with E-state index >= 15 is 0 Å². The Kier molecular flexibility index (Phi) is 2.84. The molecule has 7 nitrogen and oxygen atoms in total. The molecule has 0 aliphatic carbocycles. The molecule has 1 saturated heterocycles. The largest absolute Gasteiger partial charge is 0.407 e. The monoisotopic (exact) mass is 252 g/mol. The zero-order chi connectivity index (χ0) is 13.5. The molecular weight excluding hydrogens is 236 g/mol. The molecule has 1 fully saturated rings. The van der Waals surface area contributed by atoms with Crippen molar-refractivity contribution in [2.45, 2.75) is 32.6 Å². The Bertz CT molecular complexity index is 489. The van der Waals surface area contributed by atoms with Gasteiger partial charge in [0.1, 0.15) is 0 Å². The van der Waals surface area contributed by atoms with Crippen molar-refractivity contribution in [3.8, 4) is 0 Å². The normalized spacial score (nSPS) is 20.5. The predicted molar refractivity (Wildman–Crippen MR) is 62.7 cm³/mol. The summed E-state index contributed by atoms with van der Waals surface area (Å²) in [5, 5.41) is 7.75. The van der Waals surface area contributed by atoms with Gasteiger partial charge in [0.2, 0.25) is 17.7 Å². The summed E-state index contributed by atoms with van der Waals surface area (Å²) in [4.78, 5) is 24.1. The molecule has 1 aromatic heterocycles. The molecule has 1 aliphatic rings. The Labute approximate surface area is 104 Å². The number of amides is 2. The topological polar surface area (TPSA) is 102 Å². The molecule has 0 bridgehead atoms. The fraction of sp³-hybridized carbons (Fsp3) is 0.636. The second-order valence-corrected chi connectivity index (χ2v) is 5.45. The Balaban J connectivity index is 2.20. The number of carbonyl (C=O) groups is 2. The second kappa shape index (κ2) is 4.08. The first-order chi connectivity index (χ1) is 8.29. The van der Waals surface area contributed by atoms with Crippen molar-refractivity contribution in [1.82, 2.24) is 10.2 Å². The van der Waals surface area contributed by atoms with E-state index < -0.39 is 11.8 Å². The number of anilines is 1. The van der Waals surface area contributed by atoms with Crippen LogP contribution in [0.5, 0.6) is 0 Å². The van der Waals surface area contributed by atoms with Crippen molar-refractivity contribution in [3.05, 3.63) is 5.89 Å². The van der Waals surface area contributed by atoms with E-state index in [4.69, 9.17) is 10.2 Å². The maximum Gasteiger partial charge on any atom is 0.325 e. The third kappa shape index (κ3) is 2.20. The standard InChI is InChI=1S/C11H16N4O3/c1-11(2,3)9-13-14-10(18-9)15-5-6(8(12)17)4-7(15)16/h6H,4-5H2,1-3H3,(H2,12,17). The van der Waals surface area contributed by atoms with Gasteiger partial charge in [0.25, 0.3) is 0 Å². The molecule has 1 aromatic rings. The third-order valence-electron chi connectivity index (χ3n) is 2.81. The summed E-state index contributed by atoms with van der Waals surface area (Å²) < 4.78 is 5.46. The minimum Gasteiger partial charge on any atom is -0.407 e. The number of nitrogens with two attached hydrogens (primary N) is 1. The van der Waals surface area contributed by atoms with Crippen LogP contribution >= 0.6 is 0 Å². The summed E-state index contributed by atoms with van der Waals surface area (Å²) in [5.74, 6) is -0.736. The van der Waals surface area contributed by atoms with Gasteiger partial charge in [-0.15, -0.1) is 5.10 Å². The first-order valence-electron chi connectivity index (χ1n) is 5.72. The van der Waals surface area contributed by atoms with E-state index in [1.54, 1.807) is 0 Å². The van der Waals surface area contributed by atoms with Crippen LogP contribution in [0.2, 0.25) is 0 Å². The fourth-order valence-electron chi connectivity index (χ4n) is 1.71.